The van der Waals surface area contributed by atoms with Crippen LogP contribution in [0.15, 0.2) is 33.1 Å². The van der Waals surface area contributed by atoms with Gasteiger partial charge in [0, 0.05) is 25.2 Å². The van der Waals surface area contributed by atoms with E-state index in [2.05, 4.69) is 31.4 Å². The number of anilines is 1. The molecule has 26 heavy (non-hydrogen) atoms. The predicted octanol–water partition coefficient (Wildman–Crippen LogP) is 2.99. The first-order valence-corrected chi connectivity index (χ1v) is 10.5. The maximum atomic E-state index is 12.2. The Morgan fingerprint density at radius 3 is 2.81 bits per heavy atom. The van der Waals surface area contributed by atoms with Gasteiger partial charge in [-0.05, 0) is 24.3 Å². The van der Waals surface area contributed by atoms with Gasteiger partial charge in [-0.2, -0.15) is 0 Å². The Hall–Kier alpha value is -1.36. The quantitative estimate of drug-likeness (QED) is 0.407. The van der Waals surface area contributed by atoms with Gasteiger partial charge in [0.15, 0.2) is 4.34 Å². The number of benzene rings is 1. The fourth-order valence-electron chi connectivity index (χ4n) is 1.79. The molecule has 7 nitrogen and oxygen atoms in total. The molecule has 10 heteroatoms. The molecule has 0 saturated carbocycles. The van der Waals surface area contributed by atoms with Gasteiger partial charge in [-0.1, -0.05) is 39.0 Å². The third-order valence-corrected chi connectivity index (χ3v) is 5.77. The van der Waals surface area contributed by atoms with Crippen molar-refractivity contribution in [2.45, 2.75) is 4.34 Å². The molecule has 0 saturated heterocycles. The summed E-state index contributed by atoms with van der Waals surface area (Å²) in [5, 5.41) is 11.9. The van der Waals surface area contributed by atoms with Crippen molar-refractivity contribution in [1.29, 1.82) is 0 Å². The van der Waals surface area contributed by atoms with Gasteiger partial charge in [0.05, 0.1) is 18.9 Å². The Kier molecular flexibility index (Phi) is 9.16. The summed E-state index contributed by atoms with van der Waals surface area (Å²) in [5.74, 6) is 1.13. The third-order valence-electron chi connectivity index (χ3n) is 3.24. The SMILES string of the molecule is COCCNc1nnc(SCC(=O)N(C)CCOc2ccc(Br)cc2)s1. The first-order valence-electron chi connectivity index (χ1n) is 7.90. The van der Waals surface area contributed by atoms with E-state index >= 15 is 0 Å². The minimum absolute atomic E-state index is 0.0264. The summed E-state index contributed by atoms with van der Waals surface area (Å²) >= 11 is 6.19. The second-order valence-corrected chi connectivity index (χ2v) is 8.31. The van der Waals surface area contributed by atoms with Crippen LogP contribution < -0.4 is 10.1 Å². The van der Waals surface area contributed by atoms with Crippen LogP contribution in [0.3, 0.4) is 0 Å². The van der Waals surface area contributed by atoms with Crippen LogP contribution >= 0.6 is 39.0 Å². The van der Waals surface area contributed by atoms with Crippen LogP contribution in [0, 0.1) is 0 Å². The lowest BCUT2D eigenvalue weighted by molar-refractivity contribution is -0.127. The number of ether oxygens (including phenoxy) is 2. The van der Waals surface area contributed by atoms with E-state index in [0.717, 1.165) is 19.7 Å². The maximum Gasteiger partial charge on any atom is 0.232 e. The smallest absolute Gasteiger partial charge is 0.232 e. The Morgan fingerprint density at radius 1 is 1.31 bits per heavy atom. The number of hydrogen-bond acceptors (Lipinski definition) is 8. The molecule has 2 aromatic rings. The van der Waals surface area contributed by atoms with Crippen molar-refractivity contribution in [2.24, 2.45) is 0 Å². The Labute approximate surface area is 169 Å². The van der Waals surface area contributed by atoms with E-state index in [1.54, 1.807) is 19.1 Å². The van der Waals surface area contributed by atoms with Gasteiger partial charge in [0.2, 0.25) is 11.0 Å². The van der Waals surface area contributed by atoms with Crippen LogP contribution in [0.1, 0.15) is 0 Å². The average molecular weight is 461 g/mol. The summed E-state index contributed by atoms with van der Waals surface area (Å²) in [6, 6.07) is 7.60. The van der Waals surface area contributed by atoms with Gasteiger partial charge >= 0.3 is 0 Å². The second-order valence-electron chi connectivity index (χ2n) is 5.20. The monoisotopic (exact) mass is 460 g/mol. The summed E-state index contributed by atoms with van der Waals surface area (Å²) in [4.78, 5) is 13.8. The first kappa shape index (κ1) is 20.9. The molecule has 2 rings (SSSR count). The van der Waals surface area contributed by atoms with Crippen molar-refractivity contribution >= 4 is 50.1 Å². The third kappa shape index (κ3) is 7.48. The Morgan fingerprint density at radius 2 is 2.08 bits per heavy atom. The van der Waals surface area contributed by atoms with Crippen molar-refractivity contribution in [3.8, 4) is 5.75 Å². The molecular formula is C16H21BrN4O3S2. The number of carbonyl (C=O) groups is 1. The number of rotatable bonds is 11. The number of nitrogens with one attached hydrogen (secondary N) is 1. The van der Waals surface area contributed by atoms with Crippen molar-refractivity contribution in [3.05, 3.63) is 28.7 Å². The summed E-state index contributed by atoms with van der Waals surface area (Å²) in [6.07, 6.45) is 0. The fraction of sp³-hybridized carbons (Fsp3) is 0.438. The van der Waals surface area contributed by atoms with Crippen LogP contribution in [-0.4, -0.2) is 67.2 Å². The predicted molar refractivity (Wildman–Crippen MR) is 108 cm³/mol. The highest BCUT2D eigenvalue weighted by Gasteiger charge is 2.12. The highest BCUT2D eigenvalue weighted by molar-refractivity contribution is 9.10. The number of hydrogen-bond donors (Lipinski definition) is 1. The van der Waals surface area contributed by atoms with Crippen molar-refractivity contribution < 1.29 is 14.3 Å². The molecule has 1 heterocycles. The summed E-state index contributed by atoms with van der Waals surface area (Å²) in [6.45, 7) is 2.25. The number of aromatic nitrogens is 2. The van der Waals surface area contributed by atoms with Gasteiger partial charge < -0.3 is 19.7 Å². The summed E-state index contributed by atoms with van der Waals surface area (Å²) < 4.78 is 12.4. The molecule has 0 aliphatic carbocycles. The van der Waals surface area contributed by atoms with Crippen LogP contribution in [0.4, 0.5) is 5.13 Å². The molecule has 0 fully saturated rings. The number of thioether (sulfide) groups is 1. The van der Waals surface area contributed by atoms with Crippen LogP contribution in [0.5, 0.6) is 5.75 Å². The van der Waals surface area contributed by atoms with Gasteiger partial charge in [-0.15, -0.1) is 10.2 Å². The number of halogens is 1. The highest BCUT2D eigenvalue weighted by atomic mass is 79.9. The standard InChI is InChI=1S/C16H21BrN4O3S2/c1-21(8-10-24-13-5-3-12(17)4-6-13)14(22)11-25-16-20-19-15(26-16)18-7-9-23-2/h3-6H,7-11H2,1-2H3,(H,18,19). The highest BCUT2D eigenvalue weighted by Crippen LogP contribution is 2.25. The molecule has 0 bridgehead atoms. The molecule has 1 amide bonds. The average Bonchev–Trinajstić information content (AvgIpc) is 3.09. The normalized spacial score (nSPS) is 10.6. The fourth-order valence-corrected chi connectivity index (χ4v) is 3.77. The van der Waals surface area contributed by atoms with Crippen LogP contribution in [0.2, 0.25) is 0 Å². The number of likely N-dealkylation sites (N-methyl/N-ethyl adjacent to an activating group) is 1. The van der Waals surface area contributed by atoms with Crippen LogP contribution in [-0.2, 0) is 9.53 Å². The van der Waals surface area contributed by atoms with Gasteiger partial charge in [0.25, 0.3) is 0 Å². The van der Waals surface area contributed by atoms with E-state index < -0.39 is 0 Å². The van der Waals surface area contributed by atoms with Crippen molar-refractivity contribution in [1.82, 2.24) is 15.1 Å². The lowest BCUT2D eigenvalue weighted by atomic mass is 10.3. The van der Waals surface area contributed by atoms with E-state index in [-0.39, 0.29) is 5.91 Å². The molecule has 0 aliphatic heterocycles. The van der Waals surface area contributed by atoms with Crippen LogP contribution in [0.25, 0.3) is 0 Å². The molecule has 0 spiro atoms. The van der Waals surface area contributed by atoms with E-state index in [4.69, 9.17) is 9.47 Å². The lowest BCUT2D eigenvalue weighted by Crippen LogP contribution is -2.32. The molecule has 0 aliphatic rings. The number of methoxy groups -OCH3 is 1. The van der Waals surface area contributed by atoms with E-state index in [1.165, 1.54) is 23.1 Å². The molecule has 1 aromatic carbocycles. The van der Waals surface area contributed by atoms with Crippen molar-refractivity contribution in [3.63, 3.8) is 0 Å². The molecule has 1 aromatic heterocycles. The largest absolute Gasteiger partial charge is 0.492 e. The minimum atomic E-state index is 0.0264. The van der Waals surface area contributed by atoms with Crippen molar-refractivity contribution in [2.75, 3.05) is 51.5 Å². The van der Waals surface area contributed by atoms with E-state index in [1.807, 2.05) is 24.3 Å². The molecule has 0 unspecified atom stereocenters. The summed E-state index contributed by atoms with van der Waals surface area (Å²) in [7, 11) is 3.42. The zero-order valence-corrected chi connectivity index (χ0v) is 17.8. The lowest BCUT2D eigenvalue weighted by Gasteiger charge is -2.17. The molecule has 142 valence electrons. The first-order chi connectivity index (χ1) is 12.6. The number of amides is 1. The van der Waals surface area contributed by atoms with E-state index in [0.29, 0.717) is 32.1 Å². The molecule has 1 N–H and O–H groups in total. The maximum absolute atomic E-state index is 12.2. The molecular weight excluding hydrogens is 440 g/mol. The molecule has 0 atom stereocenters. The zero-order chi connectivity index (χ0) is 18.8. The summed E-state index contributed by atoms with van der Waals surface area (Å²) in [5.41, 5.74) is 0. The topological polar surface area (TPSA) is 76.6 Å². The second kappa shape index (κ2) is 11.4. The number of nitrogens with zero attached hydrogens (tertiary/aromatic N) is 3. The van der Waals surface area contributed by atoms with Gasteiger partial charge in [-0.3, -0.25) is 4.79 Å². The minimum Gasteiger partial charge on any atom is -0.492 e. The Bertz CT molecular complexity index is 684. The Balaban J connectivity index is 1.66. The number of carbonyl (C=O) groups excluding carboxylic acids is 1. The van der Waals surface area contributed by atoms with Gasteiger partial charge in [0.1, 0.15) is 12.4 Å². The zero-order valence-electron chi connectivity index (χ0n) is 14.6. The van der Waals surface area contributed by atoms with Gasteiger partial charge in [-0.25, -0.2) is 0 Å². The molecule has 0 radical (unpaired) electrons. The van der Waals surface area contributed by atoms with E-state index in [9.17, 15) is 4.79 Å².